The maximum absolute atomic E-state index is 12.8. The average molecular weight is 416 g/mol. The van der Waals surface area contributed by atoms with Crippen LogP contribution in [0.2, 0.25) is 0 Å². The highest BCUT2D eigenvalue weighted by Gasteiger charge is 2.45. The second kappa shape index (κ2) is 8.81. The SMILES string of the molecule is CCNC(=O)N1[C@H](CC(=O)Nc2ccc3c(c2)OCCO3)C(=O)N[C@@H]2CCCC[C@@H]21. The highest BCUT2D eigenvalue weighted by Crippen LogP contribution is 2.33. The molecule has 1 aromatic rings. The zero-order valence-corrected chi connectivity index (χ0v) is 17.1. The predicted molar refractivity (Wildman–Crippen MR) is 110 cm³/mol. The number of ether oxygens (including phenoxy) is 2. The molecule has 9 nitrogen and oxygen atoms in total. The van der Waals surface area contributed by atoms with Crippen molar-refractivity contribution in [3.05, 3.63) is 18.2 Å². The van der Waals surface area contributed by atoms with Crippen molar-refractivity contribution >= 4 is 23.5 Å². The molecule has 0 radical (unpaired) electrons. The minimum absolute atomic E-state index is 0.0500. The van der Waals surface area contributed by atoms with Crippen molar-refractivity contribution in [2.45, 2.75) is 57.2 Å². The first-order valence-electron chi connectivity index (χ1n) is 10.6. The van der Waals surface area contributed by atoms with E-state index in [9.17, 15) is 14.4 Å². The maximum Gasteiger partial charge on any atom is 0.318 e. The Kier molecular flexibility index (Phi) is 5.96. The summed E-state index contributed by atoms with van der Waals surface area (Å²) in [6.45, 7) is 3.25. The summed E-state index contributed by atoms with van der Waals surface area (Å²) < 4.78 is 11.0. The summed E-state index contributed by atoms with van der Waals surface area (Å²) in [7, 11) is 0. The second-order valence-corrected chi connectivity index (χ2v) is 7.84. The number of carbonyl (C=O) groups is 3. The Morgan fingerprint density at radius 2 is 1.93 bits per heavy atom. The van der Waals surface area contributed by atoms with Gasteiger partial charge < -0.3 is 30.3 Å². The minimum atomic E-state index is -0.840. The minimum Gasteiger partial charge on any atom is -0.486 e. The lowest BCUT2D eigenvalue weighted by Gasteiger charge is -2.47. The van der Waals surface area contributed by atoms with Gasteiger partial charge in [0.25, 0.3) is 0 Å². The van der Waals surface area contributed by atoms with Crippen molar-refractivity contribution in [3.63, 3.8) is 0 Å². The number of nitrogens with one attached hydrogen (secondary N) is 3. The van der Waals surface area contributed by atoms with E-state index in [2.05, 4.69) is 16.0 Å². The summed E-state index contributed by atoms with van der Waals surface area (Å²) in [4.78, 5) is 39.9. The summed E-state index contributed by atoms with van der Waals surface area (Å²) in [5, 5.41) is 8.64. The third-order valence-electron chi connectivity index (χ3n) is 5.82. The van der Waals surface area contributed by atoms with Crippen LogP contribution in [0.4, 0.5) is 10.5 Å². The molecular formula is C21H28N4O5. The van der Waals surface area contributed by atoms with Gasteiger partial charge in [-0.3, -0.25) is 9.59 Å². The smallest absolute Gasteiger partial charge is 0.318 e. The Balaban J connectivity index is 1.48. The summed E-state index contributed by atoms with van der Waals surface area (Å²) >= 11 is 0. The van der Waals surface area contributed by atoms with Crippen LogP contribution in [0.25, 0.3) is 0 Å². The number of nitrogens with zero attached hydrogens (tertiary/aromatic N) is 1. The van der Waals surface area contributed by atoms with Crippen molar-refractivity contribution in [2.24, 2.45) is 0 Å². The van der Waals surface area contributed by atoms with Crippen LogP contribution in [-0.4, -0.2) is 60.6 Å². The molecule has 1 saturated heterocycles. The van der Waals surface area contributed by atoms with Crippen LogP contribution in [-0.2, 0) is 9.59 Å². The Morgan fingerprint density at radius 3 is 2.73 bits per heavy atom. The van der Waals surface area contributed by atoms with Crippen molar-refractivity contribution in [2.75, 3.05) is 25.1 Å². The highest BCUT2D eigenvalue weighted by atomic mass is 16.6. The molecular weight excluding hydrogens is 388 g/mol. The predicted octanol–water partition coefficient (Wildman–Crippen LogP) is 1.63. The van der Waals surface area contributed by atoms with Gasteiger partial charge in [0, 0.05) is 24.3 Å². The molecule has 1 aliphatic carbocycles. The average Bonchev–Trinajstić information content (AvgIpc) is 2.74. The fourth-order valence-corrected chi connectivity index (χ4v) is 4.48. The second-order valence-electron chi connectivity index (χ2n) is 7.84. The first-order chi connectivity index (χ1) is 14.6. The lowest BCUT2D eigenvalue weighted by molar-refractivity contribution is -0.135. The van der Waals surface area contributed by atoms with E-state index in [4.69, 9.17) is 9.47 Å². The van der Waals surface area contributed by atoms with Gasteiger partial charge in [-0.2, -0.15) is 0 Å². The largest absolute Gasteiger partial charge is 0.486 e. The number of rotatable bonds is 4. The zero-order valence-electron chi connectivity index (χ0n) is 17.1. The number of urea groups is 1. The van der Waals surface area contributed by atoms with Crippen LogP contribution < -0.4 is 25.4 Å². The quantitative estimate of drug-likeness (QED) is 0.691. The summed E-state index contributed by atoms with van der Waals surface area (Å²) in [6.07, 6.45) is 3.59. The fraction of sp³-hybridized carbons (Fsp3) is 0.571. The van der Waals surface area contributed by atoms with Crippen molar-refractivity contribution in [1.82, 2.24) is 15.5 Å². The molecule has 30 heavy (non-hydrogen) atoms. The summed E-state index contributed by atoms with van der Waals surface area (Å²) in [6, 6.07) is 3.90. The standard InChI is InChI=1S/C21H28N4O5/c1-2-22-21(28)25-15-6-4-3-5-14(15)24-20(27)16(25)12-19(26)23-13-7-8-17-18(11-13)30-10-9-29-17/h7-8,11,14-16H,2-6,9-10,12H2,1H3,(H,22,28)(H,23,26)(H,24,27)/t14-,15+,16-/m1/s1. The van der Waals surface area contributed by atoms with Crippen LogP contribution >= 0.6 is 0 Å². The van der Waals surface area contributed by atoms with Crippen LogP contribution in [0.3, 0.4) is 0 Å². The molecule has 0 aromatic heterocycles. The number of fused-ring (bicyclic) bond motifs is 2. The van der Waals surface area contributed by atoms with Gasteiger partial charge in [-0.05, 0) is 31.9 Å². The van der Waals surface area contributed by atoms with Gasteiger partial charge >= 0.3 is 6.03 Å². The molecule has 3 atom stereocenters. The maximum atomic E-state index is 12.8. The number of hydrogen-bond acceptors (Lipinski definition) is 5. The van der Waals surface area contributed by atoms with Crippen LogP contribution in [0.1, 0.15) is 39.0 Å². The number of hydrogen-bond donors (Lipinski definition) is 3. The molecule has 4 rings (SSSR count). The van der Waals surface area contributed by atoms with Crippen LogP contribution in [0.5, 0.6) is 11.5 Å². The molecule has 2 heterocycles. The normalized spacial score (nSPS) is 25.0. The van der Waals surface area contributed by atoms with Crippen LogP contribution in [0.15, 0.2) is 18.2 Å². The van der Waals surface area contributed by atoms with Gasteiger partial charge in [0.05, 0.1) is 12.5 Å². The molecule has 0 spiro atoms. The van der Waals surface area contributed by atoms with Gasteiger partial charge in [-0.25, -0.2) is 4.79 Å². The number of benzene rings is 1. The van der Waals surface area contributed by atoms with Gasteiger partial charge in [-0.15, -0.1) is 0 Å². The van der Waals surface area contributed by atoms with Gasteiger partial charge in [-0.1, -0.05) is 12.8 Å². The first-order valence-corrected chi connectivity index (χ1v) is 10.6. The Morgan fingerprint density at radius 1 is 1.17 bits per heavy atom. The monoisotopic (exact) mass is 416 g/mol. The molecule has 0 unspecified atom stereocenters. The lowest BCUT2D eigenvalue weighted by Crippen LogP contribution is -2.69. The Labute approximate surface area is 175 Å². The highest BCUT2D eigenvalue weighted by molar-refractivity contribution is 5.97. The third-order valence-corrected chi connectivity index (χ3v) is 5.82. The number of anilines is 1. The molecule has 3 aliphatic rings. The van der Waals surface area contributed by atoms with Crippen molar-refractivity contribution in [1.29, 1.82) is 0 Å². The Hall–Kier alpha value is -2.97. The number of amides is 4. The molecule has 162 valence electrons. The topological polar surface area (TPSA) is 109 Å². The van der Waals surface area contributed by atoms with E-state index in [-0.39, 0.29) is 36.3 Å². The van der Waals surface area contributed by atoms with E-state index in [0.29, 0.717) is 36.9 Å². The van der Waals surface area contributed by atoms with Gasteiger partial charge in [0.1, 0.15) is 19.3 Å². The van der Waals surface area contributed by atoms with E-state index in [1.807, 2.05) is 6.92 Å². The Bertz CT molecular complexity index is 830. The molecule has 2 aliphatic heterocycles. The van der Waals surface area contributed by atoms with E-state index >= 15 is 0 Å². The lowest BCUT2D eigenvalue weighted by atomic mass is 9.85. The molecule has 0 bridgehead atoms. The molecule has 9 heteroatoms. The summed E-state index contributed by atoms with van der Waals surface area (Å²) in [5.41, 5.74) is 0.556. The summed E-state index contributed by atoms with van der Waals surface area (Å²) in [5.74, 6) is 0.595. The molecule has 1 aromatic carbocycles. The molecule has 3 N–H and O–H groups in total. The molecule has 4 amide bonds. The van der Waals surface area contributed by atoms with Crippen molar-refractivity contribution in [3.8, 4) is 11.5 Å². The fourth-order valence-electron chi connectivity index (χ4n) is 4.48. The third kappa shape index (κ3) is 4.15. The number of piperazine rings is 1. The molecule has 1 saturated carbocycles. The number of carbonyl (C=O) groups excluding carboxylic acids is 3. The van der Waals surface area contributed by atoms with Crippen LogP contribution in [0, 0.1) is 0 Å². The van der Waals surface area contributed by atoms with E-state index < -0.39 is 6.04 Å². The van der Waals surface area contributed by atoms with E-state index in [1.165, 1.54) is 0 Å². The van der Waals surface area contributed by atoms with E-state index in [0.717, 1.165) is 25.7 Å². The van der Waals surface area contributed by atoms with Gasteiger partial charge in [0.2, 0.25) is 11.8 Å². The first kappa shape index (κ1) is 20.3. The van der Waals surface area contributed by atoms with E-state index in [1.54, 1.807) is 23.1 Å². The zero-order chi connectivity index (χ0) is 21.1. The molecule has 2 fully saturated rings. The van der Waals surface area contributed by atoms with Crippen molar-refractivity contribution < 1.29 is 23.9 Å². The van der Waals surface area contributed by atoms with Gasteiger partial charge in [0.15, 0.2) is 11.5 Å².